The lowest BCUT2D eigenvalue weighted by Crippen LogP contribution is -2.22. The molecule has 0 bridgehead atoms. The van der Waals surface area contributed by atoms with Crippen LogP contribution in [-0.4, -0.2) is 5.71 Å². The number of rotatable bonds is 1. The molecule has 1 unspecified atom stereocenters. The minimum atomic E-state index is -0.542. The van der Waals surface area contributed by atoms with Crippen LogP contribution in [0.25, 0.3) is 0 Å². The van der Waals surface area contributed by atoms with Crippen molar-refractivity contribution in [3.05, 3.63) is 47.4 Å². The van der Waals surface area contributed by atoms with Crippen LogP contribution in [0, 0.1) is 22.7 Å². The Hall–Kier alpha value is -2.79. The Labute approximate surface area is 98.0 Å². The molecule has 82 valence electrons. The third-order valence-corrected chi connectivity index (χ3v) is 2.44. The number of hydrogen-bond donors (Lipinski definition) is 1. The van der Waals surface area contributed by atoms with E-state index in [-0.39, 0.29) is 17.2 Å². The molecule has 1 aromatic rings. The molecular formula is C12H8N4O. The zero-order valence-corrected chi connectivity index (χ0v) is 8.79. The van der Waals surface area contributed by atoms with Crippen molar-refractivity contribution in [1.82, 2.24) is 0 Å². The van der Waals surface area contributed by atoms with E-state index in [2.05, 4.69) is 5.16 Å². The fourth-order valence-electron chi connectivity index (χ4n) is 1.65. The summed E-state index contributed by atoms with van der Waals surface area (Å²) in [5.74, 6) is -0.597. The van der Waals surface area contributed by atoms with Crippen molar-refractivity contribution in [2.45, 2.75) is 5.92 Å². The normalized spacial score (nSPS) is 18.7. The van der Waals surface area contributed by atoms with Crippen LogP contribution in [0.3, 0.4) is 0 Å². The highest BCUT2D eigenvalue weighted by Gasteiger charge is 2.30. The lowest BCUT2D eigenvalue weighted by atomic mass is 9.87. The summed E-state index contributed by atoms with van der Waals surface area (Å²) in [6.07, 6.45) is 0. The highest BCUT2D eigenvalue weighted by molar-refractivity contribution is 6.06. The molecule has 0 spiro atoms. The zero-order valence-electron chi connectivity index (χ0n) is 8.79. The van der Waals surface area contributed by atoms with Crippen molar-refractivity contribution in [2.24, 2.45) is 10.9 Å². The van der Waals surface area contributed by atoms with Crippen molar-refractivity contribution < 1.29 is 4.84 Å². The second-order valence-electron chi connectivity index (χ2n) is 3.41. The summed E-state index contributed by atoms with van der Waals surface area (Å²) < 4.78 is 0. The topological polar surface area (TPSA) is 95.2 Å². The number of nitrogens with zero attached hydrogens (tertiary/aromatic N) is 3. The summed E-state index contributed by atoms with van der Waals surface area (Å²) in [5, 5.41) is 21.7. The maximum atomic E-state index is 9.07. The van der Waals surface area contributed by atoms with Gasteiger partial charge >= 0.3 is 0 Å². The van der Waals surface area contributed by atoms with E-state index in [0.717, 1.165) is 5.56 Å². The number of benzene rings is 1. The Kier molecular flexibility index (Phi) is 2.76. The van der Waals surface area contributed by atoms with Gasteiger partial charge in [0.2, 0.25) is 5.88 Å². The van der Waals surface area contributed by atoms with Crippen molar-refractivity contribution >= 4 is 5.71 Å². The van der Waals surface area contributed by atoms with Gasteiger partial charge in [-0.25, -0.2) is 0 Å². The van der Waals surface area contributed by atoms with E-state index in [1.165, 1.54) is 0 Å². The lowest BCUT2D eigenvalue weighted by Gasteiger charge is -2.19. The minimum absolute atomic E-state index is 0.0552. The zero-order chi connectivity index (χ0) is 12.3. The quantitative estimate of drug-likeness (QED) is 0.779. The van der Waals surface area contributed by atoms with Crippen molar-refractivity contribution in [3.8, 4) is 12.1 Å². The molecule has 1 heterocycles. The molecule has 5 nitrogen and oxygen atoms in total. The predicted molar refractivity (Wildman–Crippen MR) is 60.1 cm³/mol. The molecule has 0 amide bonds. The second kappa shape index (κ2) is 4.38. The Morgan fingerprint density at radius 3 is 2.47 bits per heavy atom. The smallest absolute Gasteiger partial charge is 0.235 e. The molecule has 0 saturated heterocycles. The Morgan fingerprint density at radius 2 is 1.88 bits per heavy atom. The van der Waals surface area contributed by atoms with Crippen LogP contribution in [-0.2, 0) is 4.84 Å². The van der Waals surface area contributed by atoms with Crippen LogP contribution in [0.15, 0.2) is 46.9 Å². The predicted octanol–water partition coefficient (Wildman–Crippen LogP) is 1.37. The van der Waals surface area contributed by atoms with E-state index in [1.807, 2.05) is 42.5 Å². The summed E-state index contributed by atoms with van der Waals surface area (Å²) >= 11 is 0. The van der Waals surface area contributed by atoms with Crippen LogP contribution in [0.1, 0.15) is 11.5 Å². The molecule has 1 atom stereocenters. The first-order chi connectivity index (χ1) is 8.27. The molecule has 0 fully saturated rings. The van der Waals surface area contributed by atoms with Crippen molar-refractivity contribution in [2.75, 3.05) is 0 Å². The summed E-state index contributed by atoms with van der Waals surface area (Å²) in [7, 11) is 0. The van der Waals surface area contributed by atoms with Crippen LogP contribution >= 0.6 is 0 Å². The molecule has 0 saturated carbocycles. The first-order valence-corrected chi connectivity index (χ1v) is 4.87. The largest absolute Gasteiger partial charge is 0.367 e. The van der Waals surface area contributed by atoms with Crippen LogP contribution in [0.2, 0.25) is 0 Å². The van der Waals surface area contributed by atoms with Gasteiger partial charge in [-0.3, -0.25) is 0 Å². The molecule has 0 aromatic heterocycles. The molecule has 17 heavy (non-hydrogen) atoms. The van der Waals surface area contributed by atoms with Gasteiger partial charge in [0.05, 0.1) is 5.92 Å². The number of oxime groups is 1. The average Bonchev–Trinajstić information content (AvgIpc) is 2.39. The molecule has 0 radical (unpaired) electrons. The van der Waals surface area contributed by atoms with Gasteiger partial charge in [-0.15, -0.1) is 0 Å². The molecular weight excluding hydrogens is 216 g/mol. The molecule has 2 N–H and O–H groups in total. The first-order valence-electron chi connectivity index (χ1n) is 4.87. The van der Waals surface area contributed by atoms with Gasteiger partial charge < -0.3 is 10.6 Å². The number of allylic oxidation sites excluding steroid dienone is 1. The van der Waals surface area contributed by atoms with E-state index in [4.69, 9.17) is 21.1 Å². The van der Waals surface area contributed by atoms with E-state index in [0.29, 0.717) is 0 Å². The maximum absolute atomic E-state index is 9.07. The third kappa shape index (κ3) is 1.82. The number of nitriles is 2. The van der Waals surface area contributed by atoms with Crippen molar-refractivity contribution in [1.29, 1.82) is 10.5 Å². The fraction of sp³-hybridized carbons (Fsp3) is 0.0833. The van der Waals surface area contributed by atoms with E-state index in [9.17, 15) is 0 Å². The Morgan fingerprint density at radius 1 is 1.18 bits per heavy atom. The van der Waals surface area contributed by atoms with Gasteiger partial charge in [0.15, 0.2) is 5.71 Å². The molecule has 1 aromatic carbocycles. The number of nitrogens with two attached hydrogens (primary N) is 1. The monoisotopic (exact) mass is 224 g/mol. The highest BCUT2D eigenvalue weighted by atomic mass is 16.6. The fourth-order valence-corrected chi connectivity index (χ4v) is 1.65. The highest BCUT2D eigenvalue weighted by Crippen LogP contribution is 2.30. The molecule has 1 aliphatic rings. The SMILES string of the molecule is N#CC1=NOC(N)=C(C#N)C1c1ccccc1. The standard InChI is InChI=1S/C12H8N4O/c13-6-9-11(8-4-2-1-3-5-8)10(7-14)16-17-12(9)15/h1-5,11H,15H2. The summed E-state index contributed by atoms with van der Waals surface area (Å²) in [5.41, 5.74) is 6.68. The van der Waals surface area contributed by atoms with Gasteiger partial charge in [-0.05, 0) is 5.56 Å². The van der Waals surface area contributed by atoms with E-state index >= 15 is 0 Å². The Bertz CT molecular complexity index is 575. The van der Waals surface area contributed by atoms with Crippen LogP contribution in [0.5, 0.6) is 0 Å². The summed E-state index contributed by atoms with van der Waals surface area (Å²) in [4.78, 5) is 4.74. The van der Waals surface area contributed by atoms with E-state index in [1.54, 1.807) is 0 Å². The van der Waals surface area contributed by atoms with Crippen molar-refractivity contribution in [3.63, 3.8) is 0 Å². The van der Waals surface area contributed by atoms with Crippen LogP contribution < -0.4 is 5.73 Å². The van der Waals surface area contributed by atoms with Gasteiger partial charge in [0, 0.05) is 0 Å². The van der Waals surface area contributed by atoms with E-state index < -0.39 is 5.92 Å². The van der Waals surface area contributed by atoms with Crippen LogP contribution in [0.4, 0.5) is 0 Å². The lowest BCUT2D eigenvalue weighted by molar-refractivity contribution is 0.214. The first kappa shape index (κ1) is 10.7. The maximum Gasteiger partial charge on any atom is 0.235 e. The molecule has 2 rings (SSSR count). The summed E-state index contributed by atoms with van der Waals surface area (Å²) in [6, 6.07) is 13.0. The minimum Gasteiger partial charge on any atom is -0.367 e. The third-order valence-electron chi connectivity index (χ3n) is 2.44. The molecule has 5 heteroatoms. The van der Waals surface area contributed by atoms with Gasteiger partial charge in [0.25, 0.3) is 0 Å². The summed E-state index contributed by atoms with van der Waals surface area (Å²) in [6.45, 7) is 0. The van der Waals surface area contributed by atoms with Gasteiger partial charge in [0.1, 0.15) is 17.7 Å². The molecule has 0 aliphatic carbocycles. The van der Waals surface area contributed by atoms with Gasteiger partial charge in [-0.2, -0.15) is 10.5 Å². The van der Waals surface area contributed by atoms with Gasteiger partial charge in [-0.1, -0.05) is 35.5 Å². The Balaban J connectivity index is 2.55. The average molecular weight is 224 g/mol. The molecule has 1 aliphatic heterocycles. The second-order valence-corrected chi connectivity index (χ2v) is 3.41. The number of hydrogen-bond acceptors (Lipinski definition) is 5.